The summed E-state index contributed by atoms with van der Waals surface area (Å²) in [7, 11) is 3.06. The van der Waals surface area contributed by atoms with Crippen molar-refractivity contribution < 1.29 is 19.1 Å². The van der Waals surface area contributed by atoms with Crippen LogP contribution >= 0.6 is 0 Å². The number of anilines is 1. The van der Waals surface area contributed by atoms with Crippen LogP contribution in [0.25, 0.3) is 0 Å². The monoisotopic (exact) mass is 370 g/mol. The Hall–Kier alpha value is -3.02. The topological polar surface area (TPSA) is 67.9 Å². The van der Waals surface area contributed by atoms with Crippen LogP contribution in [-0.4, -0.2) is 39.1 Å². The molecule has 0 aromatic heterocycles. The molecular weight excluding hydrogens is 344 g/mol. The Labute approximate surface area is 160 Å². The Morgan fingerprint density at radius 1 is 0.963 bits per heavy atom. The van der Waals surface area contributed by atoms with E-state index in [1.165, 1.54) is 14.0 Å². The fourth-order valence-corrected chi connectivity index (χ4v) is 2.94. The van der Waals surface area contributed by atoms with E-state index in [0.717, 1.165) is 16.8 Å². The maximum atomic E-state index is 12.4. The van der Waals surface area contributed by atoms with Crippen LogP contribution in [0.1, 0.15) is 28.4 Å². The molecule has 0 unspecified atom stereocenters. The molecule has 2 aromatic carbocycles. The molecule has 144 valence electrons. The van der Waals surface area contributed by atoms with E-state index in [1.54, 1.807) is 30.2 Å². The average Bonchev–Trinajstić information content (AvgIpc) is 2.63. The molecule has 0 saturated carbocycles. The number of benzene rings is 2. The van der Waals surface area contributed by atoms with Crippen molar-refractivity contribution in [2.24, 2.45) is 0 Å². The van der Waals surface area contributed by atoms with Gasteiger partial charge in [0.15, 0.2) is 11.5 Å². The first-order chi connectivity index (χ1) is 12.8. The molecule has 0 spiro atoms. The van der Waals surface area contributed by atoms with Gasteiger partial charge in [0, 0.05) is 31.3 Å². The fraction of sp³-hybridized carbons (Fsp3) is 0.333. The molecule has 2 rings (SSSR count). The molecule has 6 nitrogen and oxygen atoms in total. The van der Waals surface area contributed by atoms with Crippen LogP contribution in [0.5, 0.6) is 11.5 Å². The minimum atomic E-state index is -0.236. The van der Waals surface area contributed by atoms with E-state index in [-0.39, 0.29) is 11.8 Å². The van der Waals surface area contributed by atoms with Crippen molar-refractivity contribution >= 4 is 17.5 Å². The molecule has 1 N–H and O–H groups in total. The van der Waals surface area contributed by atoms with E-state index < -0.39 is 0 Å². The quantitative estimate of drug-likeness (QED) is 0.813. The molecule has 27 heavy (non-hydrogen) atoms. The Bertz CT molecular complexity index is 813. The summed E-state index contributed by atoms with van der Waals surface area (Å²) < 4.78 is 10.4. The number of nitrogens with zero attached hydrogens (tertiary/aromatic N) is 1. The molecule has 2 amide bonds. The van der Waals surface area contributed by atoms with Crippen molar-refractivity contribution in [1.82, 2.24) is 5.32 Å². The van der Waals surface area contributed by atoms with Crippen LogP contribution < -0.4 is 19.7 Å². The van der Waals surface area contributed by atoms with Gasteiger partial charge in [-0.25, -0.2) is 0 Å². The van der Waals surface area contributed by atoms with Crippen molar-refractivity contribution in [1.29, 1.82) is 0 Å². The van der Waals surface area contributed by atoms with Gasteiger partial charge in [0.1, 0.15) is 0 Å². The zero-order chi connectivity index (χ0) is 20.0. The van der Waals surface area contributed by atoms with E-state index in [4.69, 9.17) is 9.47 Å². The molecule has 6 heteroatoms. The van der Waals surface area contributed by atoms with Crippen LogP contribution in [0.15, 0.2) is 36.4 Å². The molecule has 0 aliphatic heterocycles. The Balaban J connectivity index is 2.04. The highest BCUT2D eigenvalue weighted by Gasteiger charge is 2.14. The maximum absolute atomic E-state index is 12.4. The molecule has 0 heterocycles. The predicted molar refractivity (Wildman–Crippen MR) is 106 cm³/mol. The number of ether oxygens (including phenoxy) is 2. The summed E-state index contributed by atoms with van der Waals surface area (Å²) in [5, 5.41) is 2.84. The third kappa shape index (κ3) is 5.23. The summed E-state index contributed by atoms with van der Waals surface area (Å²) in [6.07, 6.45) is 0. The second kappa shape index (κ2) is 9.07. The van der Waals surface area contributed by atoms with Crippen molar-refractivity contribution in [2.75, 3.05) is 32.2 Å². The number of nitrogens with one attached hydrogen (secondary N) is 1. The molecule has 0 bridgehead atoms. The fourth-order valence-electron chi connectivity index (χ4n) is 2.94. The van der Waals surface area contributed by atoms with Crippen LogP contribution in [0.2, 0.25) is 0 Å². The van der Waals surface area contributed by atoms with Crippen LogP contribution in [0.3, 0.4) is 0 Å². The van der Waals surface area contributed by atoms with Crippen molar-refractivity contribution in [3.8, 4) is 11.5 Å². The molecule has 0 aliphatic carbocycles. The van der Waals surface area contributed by atoms with Crippen LogP contribution in [0, 0.1) is 13.8 Å². The summed E-state index contributed by atoms with van der Waals surface area (Å²) in [5.41, 5.74) is 3.48. The zero-order valence-electron chi connectivity index (χ0n) is 16.5. The standard InChI is InChI=1S/C21H26N2O4/c1-14-10-15(2)12-18(11-14)23(16(3)24)9-8-22-21(25)17-6-7-19(26-4)20(13-17)27-5/h6-7,10-13H,8-9H2,1-5H3,(H,22,25). The maximum Gasteiger partial charge on any atom is 0.251 e. The van der Waals surface area contributed by atoms with Gasteiger partial charge in [-0.05, 0) is 55.3 Å². The summed E-state index contributed by atoms with van der Waals surface area (Å²) in [4.78, 5) is 26.1. The van der Waals surface area contributed by atoms with Gasteiger partial charge in [0.05, 0.1) is 14.2 Å². The summed E-state index contributed by atoms with van der Waals surface area (Å²) in [6, 6.07) is 11.0. The number of hydrogen-bond acceptors (Lipinski definition) is 4. The summed E-state index contributed by atoms with van der Waals surface area (Å²) in [5.74, 6) is 0.748. The molecule has 0 fully saturated rings. The van der Waals surface area contributed by atoms with Gasteiger partial charge in [-0.1, -0.05) is 6.07 Å². The Morgan fingerprint density at radius 3 is 2.15 bits per heavy atom. The largest absolute Gasteiger partial charge is 0.493 e. The molecule has 0 atom stereocenters. The second-order valence-corrected chi connectivity index (χ2v) is 6.34. The molecular formula is C21H26N2O4. The van der Waals surface area contributed by atoms with E-state index in [9.17, 15) is 9.59 Å². The number of methoxy groups -OCH3 is 2. The van der Waals surface area contributed by atoms with Crippen molar-refractivity contribution in [3.05, 3.63) is 53.1 Å². The summed E-state index contributed by atoms with van der Waals surface area (Å²) in [6.45, 7) is 6.23. The molecule has 0 aliphatic rings. The summed E-state index contributed by atoms with van der Waals surface area (Å²) >= 11 is 0. The zero-order valence-corrected chi connectivity index (χ0v) is 16.5. The van der Waals surface area contributed by atoms with Gasteiger partial charge in [-0.15, -0.1) is 0 Å². The molecule has 0 radical (unpaired) electrons. The Morgan fingerprint density at radius 2 is 1.59 bits per heavy atom. The van der Waals surface area contributed by atoms with E-state index in [1.807, 2.05) is 26.0 Å². The van der Waals surface area contributed by atoms with Gasteiger partial charge < -0.3 is 19.7 Å². The highest BCUT2D eigenvalue weighted by atomic mass is 16.5. The van der Waals surface area contributed by atoms with Gasteiger partial charge in [-0.2, -0.15) is 0 Å². The number of aryl methyl sites for hydroxylation is 2. The molecule has 2 aromatic rings. The smallest absolute Gasteiger partial charge is 0.251 e. The lowest BCUT2D eigenvalue weighted by molar-refractivity contribution is -0.116. The number of carbonyl (C=O) groups is 2. The first kappa shape index (κ1) is 20.3. The van der Waals surface area contributed by atoms with E-state index >= 15 is 0 Å². The number of amides is 2. The van der Waals surface area contributed by atoms with Gasteiger partial charge in [-0.3, -0.25) is 9.59 Å². The molecule has 0 saturated heterocycles. The second-order valence-electron chi connectivity index (χ2n) is 6.34. The lowest BCUT2D eigenvalue weighted by atomic mass is 10.1. The van der Waals surface area contributed by atoms with E-state index in [2.05, 4.69) is 11.4 Å². The number of hydrogen-bond donors (Lipinski definition) is 1. The lowest BCUT2D eigenvalue weighted by Gasteiger charge is -2.22. The minimum absolute atomic E-state index is 0.0691. The highest BCUT2D eigenvalue weighted by Crippen LogP contribution is 2.27. The van der Waals surface area contributed by atoms with Gasteiger partial charge >= 0.3 is 0 Å². The van der Waals surface area contributed by atoms with Gasteiger partial charge in [0.25, 0.3) is 5.91 Å². The lowest BCUT2D eigenvalue weighted by Crippen LogP contribution is -2.37. The third-order valence-corrected chi connectivity index (χ3v) is 4.16. The Kier molecular flexibility index (Phi) is 6.82. The minimum Gasteiger partial charge on any atom is -0.493 e. The van der Waals surface area contributed by atoms with E-state index in [0.29, 0.717) is 30.2 Å². The van der Waals surface area contributed by atoms with Crippen LogP contribution in [-0.2, 0) is 4.79 Å². The highest BCUT2D eigenvalue weighted by molar-refractivity contribution is 5.95. The van der Waals surface area contributed by atoms with Crippen molar-refractivity contribution in [3.63, 3.8) is 0 Å². The number of rotatable bonds is 7. The SMILES string of the molecule is COc1ccc(C(=O)NCCN(C(C)=O)c2cc(C)cc(C)c2)cc1OC. The van der Waals surface area contributed by atoms with Gasteiger partial charge in [0.2, 0.25) is 5.91 Å². The number of carbonyl (C=O) groups excluding carboxylic acids is 2. The normalized spacial score (nSPS) is 10.3. The van der Waals surface area contributed by atoms with Crippen molar-refractivity contribution in [2.45, 2.75) is 20.8 Å². The average molecular weight is 370 g/mol. The van der Waals surface area contributed by atoms with Crippen LogP contribution in [0.4, 0.5) is 5.69 Å². The first-order valence-corrected chi connectivity index (χ1v) is 8.72. The first-order valence-electron chi connectivity index (χ1n) is 8.72. The third-order valence-electron chi connectivity index (χ3n) is 4.16. The predicted octanol–water partition coefficient (Wildman–Crippen LogP) is 3.10.